The minimum Gasteiger partial charge on any atom is -0.357 e. The zero-order valence-electron chi connectivity index (χ0n) is 19.6. The fourth-order valence-corrected chi connectivity index (χ4v) is 4.60. The molecule has 1 atom stereocenters. The Morgan fingerprint density at radius 2 is 1.43 bits per heavy atom. The number of carbonyl (C=O) groups is 2. The van der Waals surface area contributed by atoms with Crippen LogP contribution in [0.2, 0.25) is 0 Å². The Kier molecular flexibility index (Phi) is 8.59. The third-order valence-corrected chi connectivity index (χ3v) is 6.64. The normalized spacial score (nSPS) is 12.0. The lowest BCUT2D eigenvalue weighted by Gasteiger charge is -2.33. The summed E-state index contributed by atoms with van der Waals surface area (Å²) in [5.41, 5.74) is 1.36. The fourth-order valence-electron chi connectivity index (χ4n) is 3.75. The summed E-state index contributed by atoms with van der Waals surface area (Å²) in [5, 5.41) is 2.61. The van der Waals surface area contributed by atoms with Crippen molar-refractivity contribution in [2.24, 2.45) is 0 Å². The third kappa shape index (κ3) is 6.89. The van der Waals surface area contributed by atoms with E-state index in [2.05, 4.69) is 5.32 Å². The van der Waals surface area contributed by atoms with Crippen LogP contribution in [0.4, 0.5) is 10.1 Å². The van der Waals surface area contributed by atoms with Gasteiger partial charge in [-0.1, -0.05) is 72.8 Å². The van der Waals surface area contributed by atoms with Gasteiger partial charge in [-0.25, -0.2) is 12.8 Å². The number of nitrogens with one attached hydrogen (secondary N) is 1. The molecule has 3 aromatic rings. The van der Waals surface area contributed by atoms with Crippen LogP contribution in [0.1, 0.15) is 11.1 Å². The summed E-state index contributed by atoms with van der Waals surface area (Å²) in [7, 11) is -2.53. The Morgan fingerprint density at radius 3 is 1.97 bits per heavy atom. The summed E-state index contributed by atoms with van der Waals surface area (Å²) in [5.74, 6) is -1.80. The number of rotatable bonds is 10. The SMILES string of the molecule is CNC(=O)[C@@H](Cc1ccccc1)N(Cc1ccccc1)C(=O)CN(c1ccccc1F)S(C)(=O)=O. The Labute approximate surface area is 205 Å². The lowest BCUT2D eigenvalue weighted by molar-refractivity contribution is -0.139. The second-order valence-corrected chi connectivity index (χ2v) is 9.95. The monoisotopic (exact) mass is 497 g/mol. The fraction of sp³-hybridized carbons (Fsp3) is 0.231. The molecule has 0 aromatic heterocycles. The van der Waals surface area contributed by atoms with Crippen LogP contribution in [0.5, 0.6) is 0 Å². The summed E-state index contributed by atoms with van der Waals surface area (Å²) < 4.78 is 40.4. The van der Waals surface area contributed by atoms with E-state index in [0.29, 0.717) is 0 Å². The number of hydrogen-bond donors (Lipinski definition) is 1. The van der Waals surface area contributed by atoms with E-state index in [9.17, 15) is 22.4 Å². The van der Waals surface area contributed by atoms with Crippen LogP contribution in [0.25, 0.3) is 0 Å². The van der Waals surface area contributed by atoms with Crippen molar-refractivity contribution >= 4 is 27.5 Å². The molecule has 3 rings (SSSR count). The highest BCUT2D eigenvalue weighted by Crippen LogP contribution is 2.23. The predicted octanol–water partition coefficient (Wildman–Crippen LogP) is 2.98. The van der Waals surface area contributed by atoms with Gasteiger partial charge in [0.1, 0.15) is 18.4 Å². The summed E-state index contributed by atoms with van der Waals surface area (Å²) in [6.45, 7) is -0.589. The molecule has 3 aromatic carbocycles. The summed E-state index contributed by atoms with van der Waals surface area (Å²) in [4.78, 5) is 28.0. The molecule has 0 fully saturated rings. The number of carbonyl (C=O) groups excluding carboxylic acids is 2. The number of para-hydroxylation sites is 1. The van der Waals surface area contributed by atoms with Crippen molar-refractivity contribution in [3.63, 3.8) is 0 Å². The lowest BCUT2D eigenvalue weighted by Crippen LogP contribution is -2.53. The maximum Gasteiger partial charge on any atom is 0.244 e. The molecule has 0 aliphatic heterocycles. The van der Waals surface area contributed by atoms with E-state index in [4.69, 9.17) is 0 Å². The van der Waals surface area contributed by atoms with Crippen LogP contribution < -0.4 is 9.62 Å². The van der Waals surface area contributed by atoms with Crippen LogP contribution in [0, 0.1) is 5.82 Å². The van der Waals surface area contributed by atoms with Crippen LogP contribution >= 0.6 is 0 Å². The number of hydrogen-bond acceptors (Lipinski definition) is 4. The van der Waals surface area contributed by atoms with Crippen molar-refractivity contribution < 1.29 is 22.4 Å². The quantitative estimate of drug-likeness (QED) is 0.467. The second-order valence-electron chi connectivity index (χ2n) is 8.05. The Balaban J connectivity index is 2.01. The van der Waals surface area contributed by atoms with Crippen molar-refractivity contribution in [2.45, 2.75) is 19.0 Å². The van der Waals surface area contributed by atoms with Crippen molar-refractivity contribution in [1.29, 1.82) is 0 Å². The molecule has 35 heavy (non-hydrogen) atoms. The van der Waals surface area contributed by atoms with Crippen molar-refractivity contribution in [1.82, 2.24) is 10.2 Å². The van der Waals surface area contributed by atoms with Gasteiger partial charge in [-0.05, 0) is 23.3 Å². The average molecular weight is 498 g/mol. The van der Waals surface area contributed by atoms with Gasteiger partial charge < -0.3 is 10.2 Å². The first-order valence-corrected chi connectivity index (χ1v) is 12.9. The highest BCUT2D eigenvalue weighted by atomic mass is 32.2. The number of benzene rings is 3. The first-order valence-electron chi connectivity index (χ1n) is 11.0. The largest absolute Gasteiger partial charge is 0.357 e. The molecular formula is C26H28FN3O4S. The third-order valence-electron chi connectivity index (χ3n) is 5.51. The van der Waals surface area contributed by atoms with Gasteiger partial charge in [0.2, 0.25) is 21.8 Å². The smallest absolute Gasteiger partial charge is 0.244 e. The zero-order chi connectivity index (χ0) is 25.4. The van der Waals surface area contributed by atoms with E-state index in [1.807, 2.05) is 60.7 Å². The maximum atomic E-state index is 14.5. The molecule has 0 unspecified atom stereocenters. The zero-order valence-corrected chi connectivity index (χ0v) is 20.4. The van der Waals surface area contributed by atoms with Crippen molar-refractivity contribution in [3.05, 3.63) is 102 Å². The Hall–Kier alpha value is -3.72. The highest BCUT2D eigenvalue weighted by Gasteiger charge is 2.33. The topological polar surface area (TPSA) is 86.8 Å². The molecule has 9 heteroatoms. The first kappa shape index (κ1) is 25.9. The molecule has 1 N–H and O–H groups in total. The van der Waals surface area contributed by atoms with Crippen molar-refractivity contribution in [2.75, 3.05) is 24.2 Å². The maximum absolute atomic E-state index is 14.5. The van der Waals surface area contributed by atoms with Gasteiger partial charge in [0.15, 0.2) is 0 Å². The predicted molar refractivity (Wildman–Crippen MR) is 134 cm³/mol. The summed E-state index contributed by atoms with van der Waals surface area (Å²) in [6.07, 6.45) is 1.13. The molecule has 0 radical (unpaired) electrons. The van der Waals surface area contributed by atoms with E-state index in [-0.39, 0.29) is 18.7 Å². The molecule has 2 amide bonds. The van der Waals surface area contributed by atoms with E-state index < -0.39 is 40.2 Å². The average Bonchev–Trinajstić information content (AvgIpc) is 2.85. The van der Waals surface area contributed by atoms with Gasteiger partial charge in [0, 0.05) is 20.0 Å². The van der Waals surface area contributed by atoms with E-state index in [1.165, 1.54) is 30.1 Å². The molecule has 0 aliphatic carbocycles. The number of amides is 2. The van der Waals surface area contributed by atoms with Gasteiger partial charge in [0.05, 0.1) is 11.9 Å². The number of nitrogens with zero attached hydrogens (tertiary/aromatic N) is 2. The van der Waals surface area contributed by atoms with Crippen molar-refractivity contribution in [3.8, 4) is 0 Å². The number of likely N-dealkylation sites (N-methyl/N-ethyl adjacent to an activating group) is 1. The van der Waals surface area contributed by atoms with Crippen LogP contribution in [0.15, 0.2) is 84.9 Å². The number of sulfonamides is 1. The van der Waals surface area contributed by atoms with Gasteiger partial charge in [-0.2, -0.15) is 0 Å². The minimum absolute atomic E-state index is 0.0689. The minimum atomic E-state index is -4.01. The Bertz CT molecular complexity index is 1250. The van der Waals surface area contributed by atoms with Gasteiger partial charge in [-0.15, -0.1) is 0 Å². The van der Waals surface area contributed by atoms with Crippen LogP contribution in [0.3, 0.4) is 0 Å². The van der Waals surface area contributed by atoms with Crippen LogP contribution in [-0.2, 0) is 32.6 Å². The van der Waals surface area contributed by atoms with Crippen LogP contribution in [-0.4, -0.2) is 51.0 Å². The van der Waals surface area contributed by atoms with Gasteiger partial charge in [-0.3, -0.25) is 13.9 Å². The number of halogens is 1. The highest BCUT2D eigenvalue weighted by molar-refractivity contribution is 7.92. The summed E-state index contributed by atoms with van der Waals surface area (Å²) >= 11 is 0. The number of anilines is 1. The molecule has 0 aliphatic rings. The van der Waals surface area contributed by atoms with E-state index >= 15 is 0 Å². The molecule has 0 heterocycles. The molecule has 0 spiro atoms. The second kappa shape index (κ2) is 11.6. The van der Waals surface area contributed by atoms with E-state index in [0.717, 1.165) is 27.8 Å². The molecule has 0 saturated heterocycles. The lowest BCUT2D eigenvalue weighted by atomic mass is 10.0. The Morgan fingerprint density at radius 1 is 0.886 bits per heavy atom. The summed E-state index contributed by atoms with van der Waals surface area (Å²) in [6, 6.07) is 22.7. The molecular weight excluding hydrogens is 469 g/mol. The van der Waals surface area contributed by atoms with Gasteiger partial charge in [0.25, 0.3) is 0 Å². The van der Waals surface area contributed by atoms with E-state index in [1.54, 1.807) is 0 Å². The standard InChI is InChI=1S/C26H28FN3O4S/c1-28-26(32)24(17-20-11-5-3-6-12-20)29(18-21-13-7-4-8-14-21)25(31)19-30(35(2,33)34)23-16-10-9-15-22(23)27/h3-16,24H,17-19H2,1-2H3,(H,28,32)/t24-/m1/s1. The molecule has 0 bridgehead atoms. The molecule has 184 valence electrons. The van der Waals surface area contributed by atoms with Gasteiger partial charge >= 0.3 is 0 Å². The molecule has 7 nitrogen and oxygen atoms in total. The molecule has 0 saturated carbocycles. The first-order chi connectivity index (χ1) is 16.7.